The number of allylic oxidation sites excluding steroid dienone is 2. The van der Waals surface area contributed by atoms with Gasteiger partial charge in [0.1, 0.15) is 0 Å². The third-order valence-corrected chi connectivity index (χ3v) is 4.61. The Morgan fingerprint density at radius 2 is 2.12 bits per heavy atom. The molecular formula is C20H23NO3. The standard InChI is InChI=1S/C20H23NO3/c1-3-14-20(23,21-24)17-11-7-8-15-19(17,2)18(22)13-12-16-9-5-4-6-10-16/h3-6,9-13,23H,1,7-8,14-15H2,2H3/b13-12+. The van der Waals surface area contributed by atoms with Crippen molar-refractivity contribution in [3.63, 3.8) is 0 Å². The summed E-state index contributed by atoms with van der Waals surface area (Å²) in [6.07, 6.45) is 8.61. The Morgan fingerprint density at radius 3 is 2.75 bits per heavy atom. The Labute approximate surface area is 142 Å². The second-order valence-electron chi connectivity index (χ2n) is 6.35. The smallest absolute Gasteiger partial charge is 0.224 e. The van der Waals surface area contributed by atoms with E-state index in [4.69, 9.17) is 0 Å². The van der Waals surface area contributed by atoms with Crippen LogP contribution in [0.3, 0.4) is 0 Å². The van der Waals surface area contributed by atoms with Gasteiger partial charge in [0.2, 0.25) is 5.72 Å². The molecule has 1 aliphatic carbocycles. The van der Waals surface area contributed by atoms with Gasteiger partial charge in [-0.1, -0.05) is 48.6 Å². The number of hydrogen-bond acceptors (Lipinski definition) is 4. The molecule has 0 amide bonds. The maximum atomic E-state index is 12.9. The van der Waals surface area contributed by atoms with Crippen molar-refractivity contribution in [1.82, 2.24) is 0 Å². The molecule has 4 heteroatoms. The van der Waals surface area contributed by atoms with Gasteiger partial charge in [-0.15, -0.1) is 11.5 Å². The summed E-state index contributed by atoms with van der Waals surface area (Å²) in [5, 5.41) is 13.5. The number of nitroso groups, excluding NO2 is 1. The Bertz CT molecular complexity index is 677. The lowest BCUT2D eigenvalue weighted by atomic mass is 9.67. The zero-order valence-electron chi connectivity index (χ0n) is 13.9. The molecule has 1 aromatic carbocycles. The van der Waals surface area contributed by atoms with Gasteiger partial charge in [0.15, 0.2) is 5.78 Å². The van der Waals surface area contributed by atoms with Crippen LogP contribution in [0.4, 0.5) is 0 Å². The highest BCUT2D eigenvalue weighted by atomic mass is 16.4. The topological polar surface area (TPSA) is 66.7 Å². The average molecular weight is 325 g/mol. The van der Waals surface area contributed by atoms with E-state index in [0.29, 0.717) is 12.0 Å². The maximum Gasteiger partial charge on any atom is 0.224 e. The summed E-state index contributed by atoms with van der Waals surface area (Å²) in [6.45, 7) is 5.34. The van der Waals surface area contributed by atoms with E-state index >= 15 is 0 Å². The molecule has 1 N–H and O–H groups in total. The van der Waals surface area contributed by atoms with Gasteiger partial charge in [-0.3, -0.25) is 4.79 Å². The molecule has 0 aromatic heterocycles. The molecule has 1 aliphatic rings. The highest BCUT2D eigenvalue weighted by Gasteiger charge is 2.47. The molecule has 126 valence electrons. The minimum absolute atomic E-state index is 0.00635. The van der Waals surface area contributed by atoms with Crippen LogP contribution < -0.4 is 0 Å². The number of hydrogen-bond donors (Lipinski definition) is 1. The van der Waals surface area contributed by atoms with Crippen molar-refractivity contribution in [2.45, 2.75) is 38.3 Å². The van der Waals surface area contributed by atoms with Crippen molar-refractivity contribution in [2.75, 3.05) is 0 Å². The van der Waals surface area contributed by atoms with Crippen LogP contribution in [0.15, 0.2) is 65.9 Å². The van der Waals surface area contributed by atoms with Crippen LogP contribution in [0.5, 0.6) is 0 Å². The Morgan fingerprint density at radius 1 is 1.42 bits per heavy atom. The van der Waals surface area contributed by atoms with E-state index in [9.17, 15) is 14.8 Å². The van der Waals surface area contributed by atoms with E-state index in [2.05, 4.69) is 11.8 Å². The first-order chi connectivity index (χ1) is 11.5. The third-order valence-electron chi connectivity index (χ3n) is 4.61. The van der Waals surface area contributed by atoms with Gasteiger partial charge in [0.25, 0.3) is 0 Å². The van der Waals surface area contributed by atoms with Gasteiger partial charge < -0.3 is 5.11 Å². The second-order valence-corrected chi connectivity index (χ2v) is 6.35. The molecule has 1 aromatic rings. The molecule has 0 heterocycles. The summed E-state index contributed by atoms with van der Waals surface area (Å²) >= 11 is 0. The summed E-state index contributed by atoms with van der Waals surface area (Å²) in [5.41, 5.74) is -1.54. The van der Waals surface area contributed by atoms with Crippen molar-refractivity contribution in [2.24, 2.45) is 10.6 Å². The van der Waals surface area contributed by atoms with Crippen LogP contribution in [-0.2, 0) is 4.79 Å². The normalized spacial score (nSPS) is 23.3. The minimum atomic E-state index is -1.91. The van der Waals surface area contributed by atoms with E-state index < -0.39 is 11.1 Å². The van der Waals surface area contributed by atoms with Gasteiger partial charge in [-0.05, 0) is 48.6 Å². The summed E-state index contributed by atoms with van der Waals surface area (Å²) < 4.78 is 0. The molecule has 0 saturated heterocycles. The first kappa shape index (κ1) is 18.0. The molecule has 24 heavy (non-hydrogen) atoms. The van der Waals surface area contributed by atoms with Crippen LogP contribution >= 0.6 is 0 Å². The number of aliphatic hydroxyl groups is 1. The zero-order valence-corrected chi connectivity index (χ0v) is 13.9. The molecule has 2 unspecified atom stereocenters. The van der Waals surface area contributed by atoms with Gasteiger partial charge in [0, 0.05) is 6.42 Å². The number of benzene rings is 1. The molecule has 2 rings (SSSR count). The molecule has 2 atom stereocenters. The molecule has 0 fully saturated rings. The molecule has 4 nitrogen and oxygen atoms in total. The number of ketones is 1. The third kappa shape index (κ3) is 3.60. The molecule has 0 saturated carbocycles. The predicted molar refractivity (Wildman–Crippen MR) is 96.1 cm³/mol. The lowest BCUT2D eigenvalue weighted by Gasteiger charge is -2.38. The van der Waals surface area contributed by atoms with Crippen molar-refractivity contribution in [3.8, 4) is 0 Å². The summed E-state index contributed by atoms with van der Waals surface area (Å²) in [7, 11) is 0. The van der Waals surface area contributed by atoms with E-state index in [1.165, 1.54) is 12.2 Å². The number of rotatable bonds is 7. The van der Waals surface area contributed by atoms with Crippen LogP contribution in [0.2, 0.25) is 0 Å². The molecule has 0 bridgehead atoms. The minimum Gasteiger partial charge on any atom is -0.363 e. The number of carbonyl (C=O) groups excluding carboxylic acids is 1. The van der Waals surface area contributed by atoms with Crippen LogP contribution in [-0.4, -0.2) is 16.6 Å². The lowest BCUT2D eigenvalue weighted by Crippen LogP contribution is -2.42. The quantitative estimate of drug-likeness (QED) is 0.458. The van der Waals surface area contributed by atoms with E-state index in [-0.39, 0.29) is 12.2 Å². The van der Waals surface area contributed by atoms with Gasteiger partial charge in [0.05, 0.1) is 5.41 Å². The van der Waals surface area contributed by atoms with E-state index in [0.717, 1.165) is 18.4 Å². The van der Waals surface area contributed by atoms with Gasteiger partial charge in [-0.2, -0.15) is 0 Å². The van der Waals surface area contributed by atoms with Crippen LogP contribution in [0.1, 0.15) is 38.2 Å². The van der Waals surface area contributed by atoms with Gasteiger partial charge in [-0.25, -0.2) is 0 Å². The fourth-order valence-electron chi connectivity index (χ4n) is 3.24. The summed E-state index contributed by atoms with van der Waals surface area (Å²) in [6, 6.07) is 9.52. The summed E-state index contributed by atoms with van der Waals surface area (Å²) in [4.78, 5) is 24.1. The van der Waals surface area contributed by atoms with Crippen molar-refractivity contribution < 1.29 is 9.90 Å². The monoisotopic (exact) mass is 325 g/mol. The van der Waals surface area contributed by atoms with E-state index in [1.54, 1.807) is 19.1 Å². The largest absolute Gasteiger partial charge is 0.363 e. The molecular weight excluding hydrogens is 302 g/mol. The molecule has 0 aliphatic heterocycles. The number of nitrogens with zero attached hydrogens (tertiary/aromatic N) is 1. The summed E-state index contributed by atoms with van der Waals surface area (Å²) in [5.74, 6) is -0.136. The predicted octanol–water partition coefficient (Wildman–Crippen LogP) is 4.42. The van der Waals surface area contributed by atoms with Crippen molar-refractivity contribution in [1.29, 1.82) is 0 Å². The lowest BCUT2D eigenvalue weighted by molar-refractivity contribution is -0.123. The fourth-order valence-corrected chi connectivity index (χ4v) is 3.24. The fraction of sp³-hybridized carbons (Fsp3) is 0.350. The average Bonchev–Trinajstić information content (AvgIpc) is 2.61. The SMILES string of the molecule is C=CCC(O)(N=O)C1=CCCCC1(C)C(=O)/C=C/c1ccccc1. The Balaban J connectivity index is 2.34. The highest BCUT2D eigenvalue weighted by molar-refractivity contribution is 6.00. The highest BCUT2D eigenvalue weighted by Crippen LogP contribution is 2.45. The molecule has 0 radical (unpaired) electrons. The maximum absolute atomic E-state index is 12.9. The first-order valence-corrected chi connectivity index (χ1v) is 8.13. The van der Waals surface area contributed by atoms with Gasteiger partial charge >= 0.3 is 0 Å². The Hall–Kier alpha value is -2.33. The van der Waals surface area contributed by atoms with Crippen LogP contribution in [0, 0.1) is 10.3 Å². The first-order valence-electron chi connectivity index (χ1n) is 8.13. The van der Waals surface area contributed by atoms with Crippen molar-refractivity contribution in [3.05, 3.63) is 71.2 Å². The van der Waals surface area contributed by atoms with Crippen LogP contribution in [0.25, 0.3) is 6.08 Å². The Kier molecular flexibility index (Phi) is 5.62. The number of carbonyl (C=O) groups is 1. The zero-order chi connectivity index (χ0) is 17.6. The second kappa shape index (κ2) is 7.49. The van der Waals surface area contributed by atoms with Crippen molar-refractivity contribution >= 4 is 11.9 Å². The van der Waals surface area contributed by atoms with E-state index in [1.807, 2.05) is 30.3 Å². The molecule has 0 spiro atoms.